The van der Waals surface area contributed by atoms with Crippen molar-refractivity contribution in [3.8, 4) is 33.4 Å². The van der Waals surface area contributed by atoms with Crippen LogP contribution in [0.1, 0.15) is 0 Å². The third kappa shape index (κ3) is 3.86. The van der Waals surface area contributed by atoms with Crippen LogP contribution in [-0.4, -0.2) is 0 Å². The fourth-order valence-electron chi connectivity index (χ4n) is 5.40. The van der Waals surface area contributed by atoms with Gasteiger partial charge in [-0.15, -0.1) is 0 Å². The summed E-state index contributed by atoms with van der Waals surface area (Å²) in [5.41, 5.74) is 7.01. The Hall–Kier alpha value is -4.75. The first-order valence-electron chi connectivity index (χ1n) is 12.5. The van der Waals surface area contributed by atoms with Crippen molar-refractivity contribution in [1.82, 2.24) is 0 Å². The van der Waals surface area contributed by atoms with E-state index in [1.807, 2.05) is 12.1 Å². The quantitative estimate of drug-likeness (QED) is 0.223. The van der Waals surface area contributed by atoms with Crippen LogP contribution in [0.3, 0.4) is 0 Å². The first-order valence-corrected chi connectivity index (χ1v) is 12.5. The monoisotopic (exact) mass is 474 g/mol. The van der Waals surface area contributed by atoms with E-state index in [2.05, 4.69) is 115 Å². The van der Waals surface area contributed by atoms with E-state index in [0.717, 1.165) is 11.1 Å². The number of halogens is 1. The van der Waals surface area contributed by atoms with Crippen molar-refractivity contribution >= 4 is 32.3 Å². The predicted octanol–water partition coefficient (Wildman–Crippen LogP) is 10.3. The zero-order valence-corrected chi connectivity index (χ0v) is 20.2. The lowest BCUT2D eigenvalue weighted by Gasteiger charge is -2.14. The summed E-state index contributed by atoms with van der Waals surface area (Å²) in [6.07, 6.45) is 0. The van der Waals surface area contributed by atoms with Crippen molar-refractivity contribution in [3.63, 3.8) is 0 Å². The highest BCUT2D eigenvalue weighted by molar-refractivity contribution is 6.10. The van der Waals surface area contributed by atoms with Gasteiger partial charge in [-0.3, -0.25) is 0 Å². The predicted molar refractivity (Wildman–Crippen MR) is 155 cm³/mol. The summed E-state index contributed by atoms with van der Waals surface area (Å²) in [5, 5.41) is 7.33. The molecule has 0 atom stereocenters. The van der Waals surface area contributed by atoms with Gasteiger partial charge in [-0.1, -0.05) is 103 Å². The number of hydrogen-bond donors (Lipinski definition) is 0. The van der Waals surface area contributed by atoms with Crippen LogP contribution in [0.5, 0.6) is 0 Å². The average Bonchev–Trinajstić information content (AvgIpc) is 2.96. The van der Waals surface area contributed by atoms with E-state index >= 15 is 0 Å². The molecule has 0 saturated heterocycles. The van der Waals surface area contributed by atoms with Crippen LogP contribution in [0.25, 0.3) is 65.7 Å². The molecule has 7 aromatic carbocycles. The first kappa shape index (κ1) is 21.5. The topological polar surface area (TPSA) is 0 Å². The van der Waals surface area contributed by atoms with Gasteiger partial charge in [0.2, 0.25) is 0 Å². The summed E-state index contributed by atoms with van der Waals surface area (Å²) in [7, 11) is 0. The Bertz CT molecular complexity index is 1920. The molecule has 0 spiro atoms. The molecule has 0 aliphatic rings. The van der Waals surface area contributed by atoms with Crippen molar-refractivity contribution in [2.24, 2.45) is 0 Å². The van der Waals surface area contributed by atoms with Gasteiger partial charge in [-0.2, -0.15) is 0 Å². The van der Waals surface area contributed by atoms with E-state index in [0.29, 0.717) is 0 Å². The third-order valence-corrected chi connectivity index (χ3v) is 7.29. The highest BCUT2D eigenvalue weighted by atomic mass is 19.1. The first-order chi connectivity index (χ1) is 18.2. The SMILES string of the molecule is Fc1ccc(-c2ccc3c(ccc4cc(-c5cc6ccccc6cc5-c5ccccc5)ccc43)c2)cc1. The molecule has 7 aromatic rings. The second kappa shape index (κ2) is 8.72. The minimum atomic E-state index is -0.215. The number of benzene rings is 7. The molecule has 0 aliphatic heterocycles. The van der Waals surface area contributed by atoms with Crippen molar-refractivity contribution < 1.29 is 4.39 Å². The maximum absolute atomic E-state index is 13.4. The average molecular weight is 475 g/mol. The van der Waals surface area contributed by atoms with E-state index < -0.39 is 0 Å². The van der Waals surface area contributed by atoms with Crippen LogP contribution in [-0.2, 0) is 0 Å². The minimum absolute atomic E-state index is 0.215. The molecule has 1 heteroatoms. The van der Waals surface area contributed by atoms with Crippen molar-refractivity contribution in [2.45, 2.75) is 0 Å². The van der Waals surface area contributed by atoms with E-state index in [1.165, 1.54) is 66.7 Å². The molecular weight excluding hydrogens is 451 g/mol. The van der Waals surface area contributed by atoms with Crippen molar-refractivity contribution in [3.05, 3.63) is 145 Å². The molecule has 0 bridgehead atoms. The molecule has 0 aromatic heterocycles. The maximum Gasteiger partial charge on any atom is 0.123 e. The summed E-state index contributed by atoms with van der Waals surface area (Å²) in [6.45, 7) is 0. The number of hydrogen-bond acceptors (Lipinski definition) is 0. The standard InChI is InChI=1S/C36H23F/c37-32-16-12-24(13-17-32)28-14-18-33-29(20-28)10-11-30-21-31(15-19-34(30)33)36-23-27-9-5-4-8-26(27)22-35(36)25-6-2-1-3-7-25/h1-23H. The molecule has 0 amide bonds. The summed E-state index contributed by atoms with van der Waals surface area (Å²) in [6, 6.07) is 48.2. The molecule has 0 fully saturated rings. The van der Waals surface area contributed by atoms with Crippen molar-refractivity contribution in [1.29, 1.82) is 0 Å². The maximum atomic E-state index is 13.4. The Balaban J connectivity index is 1.38. The minimum Gasteiger partial charge on any atom is -0.207 e. The summed E-state index contributed by atoms with van der Waals surface area (Å²) >= 11 is 0. The molecule has 0 aliphatic carbocycles. The van der Waals surface area contributed by atoms with Crippen LogP contribution in [0.4, 0.5) is 4.39 Å². The summed E-state index contributed by atoms with van der Waals surface area (Å²) < 4.78 is 13.4. The molecule has 7 rings (SSSR count). The molecule has 0 nitrogen and oxygen atoms in total. The lowest BCUT2D eigenvalue weighted by atomic mass is 9.90. The molecule has 0 heterocycles. The van der Waals surface area contributed by atoms with Crippen LogP contribution >= 0.6 is 0 Å². The van der Waals surface area contributed by atoms with E-state index in [9.17, 15) is 4.39 Å². The van der Waals surface area contributed by atoms with Gasteiger partial charge in [0.05, 0.1) is 0 Å². The third-order valence-electron chi connectivity index (χ3n) is 7.29. The van der Waals surface area contributed by atoms with E-state index in [-0.39, 0.29) is 5.82 Å². The Morgan fingerprint density at radius 3 is 1.49 bits per heavy atom. The molecule has 0 unspecified atom stereocenters. The zero-order chi connectivity index (χ0) is 24.8. The van der Waals surface area contributed by atoms with E-state index in [4.69, 9.17) is 0 Å². The second-order valence-corrected chi connectivity index (χ2v) is 9.56. The molecular formula is C36H23F. The number of fused-ring (bicyclic) bond motifs is 4. The lowest BCUT2D eigenvalue weighted by molar-refractivity contribution is 0.628. The molecule has 0 N–H and O–H groups in total. The fraction of sp³-hybridized carbons (Fsp3) is 0. The van der Waals surface area contributed by atoms with Crippen LogP contribution < -0.4 is 0 Å². The highest BCUT2D eigenvalue weighted by Gasteiger charge is 2.11. The Morgan fingerprint density at radius 2 is 0.838 bits per heavy atom. The van der Waals surface area contributed by atoms with Gasteiger partial charge >= 0.3 is 0 Å². The van der Waals surface area contributed by atoms with E-state index in [1.54, 1.807) is 0 Å². The lowest BCUT2D eigenvalue weighted by Crippen LogP contribution is -1.88. The van der Waals surface area contributed by atoms with Crippen LogP contribution in [0.2, 0.25) is 0 Å². The molecule has 37 heavy (non-hydrogen) atoms. The van der Waals surface area contributed by atoms with Crippen molar-refractivity contribution in [2.75, 3.05) is 0 Å². The second-order valence-electron chi connectivity index (χ2n) is 9.56. The molecule has 0 saturated carbocycles. The fourth-order valence-corrected chi connectivity index (χ4v) is 5.40. The molecule has 174 valence electrons. The highest BCUT2D eigenvalue weighted by Crippen LogP contribution is 2.38. The van der Waals surface area contributed by atoms with Gasteiger partial charge in [-0.05, 0) is 102 Å². The summed E-state index contributed by atoms with van der Waals surface area (Å²) in [5.74, 6) is -0.215. The van der Waals surface area contributed by atoms with Gasteiger partial charge in [0.15, 0.2) is 0 Å². The largest absolute Gasteiger partial charge is 0.207 e. The smallest absolute Gasteiger partial charge is 0.123 e. The Labute approximate surface area is 215 Å². The molecule has 0 radical (unpaired) electrons. The van der Waals surface area contributed by atoms with Gasteiger partial charge < -0.3 is 0 Å². The zero-order valence-electron chi connectivity index (χ0n) is 20.2. The normalized spacial score (nSPS) is 11.4. The van der Waals surface area contributed by atoms with Crippen LogP contribution in [0, 0.1) is 5.82 Å². The van der Waals surface area contributed by atoms with Gasteiger partial charge in [0, 0.05) is 0 Å². The number of rotatable bonds is 3. The Morgan fingerprint density at radius 1 is 0.324 bits per heavy atom. The summed E-state index contributed by atoms with van der Waals surface area (Å²) in [4.78, 5) is 0. The Kier molecular flexibility index (Phi) is 5.08. The van der Waals surface area contributed by atoms with Gasteiger partial charge in [-0.25, -0.2) is 4.39 Å². The van der Waals surface area contributed by atoms with Crippen LogP contribution in [0.15, 0.2) is 140 Å². The van der Waals surface area contributed by atoms with Gasteiger partial charge in [0.25, 0.3) is 0 Å². The van der Waals surface area contributed by atoms with Gasteiger partial charge in [0.1, 0.15) is 5.82 Å².